The lowest BCUT2D eigenvalue weighted by Crippen LogP contribution is -2.43. The van der Waals surface area contributed by atoms with Crippen LogP contribution in [0.3, 0.4) is 0 Å². The van der Waals surface area contributed by atoms with Gasteiger partial charge in [0.15, 0.2) is 0 Å². The summed E-state index contributed by atoms with van der Waals surface area (Å²) >= 11 is 0. The predicted octanol–water partition coefficient (Wildman–Crippen LogP) is 1.07. The van der Waals surface area contributed by atoms with Crippen LogP contribution in [0.4, 0.5) is 4.79 Å². The Kier molecular flexibility index (Phi) is 5.49. The number of alkyl carbamates (subject to hydrolysis) is 1. The van der Waals surface area contributed by atoms with Crippen molar-refractivity contribution in [1.29, 1.82) is 0 Å². The quantitative estimate of drug-likeness (QED) is 0.681. The molecule has 2 atom stereocenters. The number of rotatable bonds is 6. The second kappa shape index (κ2) is 7.19. The van der Waals surface area contributed by atoms with Gasteiger partial charge in [-0.2, -0.15) is 0 Å². The van der Waals surface area contributed by atoms with Gasteiger partial charge in [0.1, 0.15) is 5.60 Å². The molecule has 23 heavy (non-hydrogen) atoms. The van der Waals surface area contributed by atoms with Crippen molar-refractivity contribution in [3.8, 4) is 0 Å². The molecule has 2 aliphatic rings. The lowest BCUT2D eigenvalue weighted by molar-refractivity contribution is -0.124. The molecule has 3 amide bonds. The molecule has 0 aromatic heterocycles. The predicted molar refractivity (Wildman–Crippen MR) is 84.7 cm³/mol. The second-order valence-electron chi connectivity index (χ2n) is 7.40. The highest BCUT2D eigenvalue weighted by Crippen LogP contribution is 2.21. The average molecular weight is 325 g/mol. The summed E-state index contributed by atoms with van der Waals surface area (Å²) in [6.45, 7) is 6.00. The van der Waals surface area contributed by atoms with Gasteiger partial charge < -0.3 is 20.7 Å². The van der Waals surface area contributed by atoms with Gasteiger partial charge in [-0.1, -0.05) is 0 Å². The van der Waals surface area contributed by atoms with Crippen molar-refractivity contribution in [2.75, 3.05) is 6.54 Å². The first kappa shape index (κ1) is 17.6. The molecule has 0 radical (unpaired) electrons. The molecule has 7 nitrogen and oxygen atoms in total. The Bertz CT molecular complexity index is 468. The normalized spacial score (nSPS) is 22.2. The van der Waals surface area contributed by atoms with Crippen LogP contribution in [0.5, 0.6) is 0 Å². The molecule has 1 aliphatic carbocycles. The van der Waals surface area contributed by atoms with E-state index in [1.54, 1.807) is 20.8 Å². The highest BCUT2D eigenvalue weighted by molar-refractivity contribution is 5.81. The van der Waals surface area contributed by atoms with Crippen LogP contribution < -0.4 is 16.0 Å². The van der Waals surface area contributed by atoms with Crippen molar-refractivity contribution in [2.45, 2.75) is 70.6 Å². The Balaban J connectivity index is 1.90. The van der Waals surface area contributed by atoms with Gasteiger partial charge in [0, 0.05) is 31.0 Å². The van der Waals surface area contributed by atoms with Crippen molar-refractivity contribution >= 4 is 17.9 Å². The monoisotopic (exact) mass is 325 g/mol. The van der Waals surface area contributed by atoms with E-state index in [4.69, 9.17) is 4.74 Å². The maximum absolute atomic E-state index is 12.0. The molecule has 1 aliphatic heterocycles. The molecule has 3 N–H and O–H groups in total. The minimum atomic E-state index is -0.602. The molecule has 7 heteroatoms. The van der Waals surface area contributed by atoms with Crippen LogP contribution in [0.25, 0.3) is 0 Å². The Hall–Kier alpha value is -1.79. The van der Waals surface area contributed by atoms with Crippen LogP contribution >= 0.6 is 0 Å². The first-order chi connectivity index (χ1) is 10.7. The van der Waals surface area contributed by atoms with Crippen molar-refractivity contribution in [3.05, 3.63) is 0 Å². The Morgan fingerprint density at radius 3 is 2.52 bits per heavy atom. The van der Waals surface area contributed by atoms with Crippen LogP contribution in [-0.4, -0.2) is 42.1 Å². The third kappa shape index (κ3) is 6.46. The zero-order valence-electron chi connectivity index (χ0n) is 14.1. The number of hydrogen-bond donors (Lipinski definition) is 3. The molecular weight excluding hydrogens is 298 g/mol. The Morgan fingerprint density at radius 2 is 2.00 bits per heavy atom. The molecule has 130 valence electrons. The second-order valence-corrected chi connectivity index (χ2v) is 7.40. The summed E-state index contributed by atoms with van der Waals surface area (Å²) in [4.78, 5) is 35.7. The number of carbonyl (C=O) groups is 3. The molecule has 2 rings (SSSR count). The number of carbonyl (C=O) groups excluding carboxylic acids is 3. The van der Waals surface area contributed by atoms with Crippen LogP contribution in [0.2, 0.25) is 0 Å². The third-order valence-corrected chi connectivity index (χ3v) is 3.83. The Morgan fingerprint density at radius 1 is 1.30 bits per heavy atom. The van der Waals surface area contributed by atoms with E-state index < -0.39 is 17.7 Å². The van der Waals surface area contributed by atoms with E-state index in [-0.39, 0.29) is 30.2 Å². The maximum Gasteiger partial charge on any atom is 0.407 e. The van der Waals surface area contributed by atoms with Crippen LogP contribution in [-0.2, 0) is 14.3 Å². The number of amides is 3. The average Bonchev–Trinajstić information content (AvgIpc) is 3.10. The van der Waals surface area contributed by atoms with Crippen molar-refractivity contribution < 1.29 is 19.1 Å². The SMILES string of the molecule is CC(C)(C)OC(=O)N[C@H](CC(=O)NC1CC1)C[C@@H]1CCNC1=O. The van der Waals surface area contributed by atoms with Gasteiger partial charge in [-0.05, 0) is 46.5 Å². The summed E-state index contributed by atoms with van der Waals surface area (Å²) in [6.07, 6.45) is 2.82. The van der Waals surface area contributed by atoms with Gasteiger partial charge >= 0.3 is 6.09 Å². The minimum Gasteiger partial charge on any atom is -0.444 e. The molecule has 0 aromatic carbocycles. The van der Waals surface area contributed by atoms with E-state index in [1.165, 1.54) is 0 Å². The first-order valence-corrected chi connectivity index (χ1v) is 8.29. The van der Waals surface area contributed by atoms with Gasteiger partial charge in [-0.15, -0.1) is 0 Å². The van der Waals surface area contributed by atoms with E-state index in [1.807, 2.05) is 0 Å². The van der Waals surface area contributed by atoms with Gasteiger partial charge in [0.05, 0.1) is 0 Å². The molecule has 0 unspecified atom stereocenters. The van der Waals surface area contributed by atoms with E-state index in [9.17, 15) is 14.4 Å². The van der Waals surface area contributed by atoms with Crippen LogP contribution in [0, 0.1) is 5.92 Å². The highest BCUT2D eigenvalue weighted by Gasteiger charge is 2.31. The lowest BCUT2D eigenvalue weighted by Gasteiger charge is -2.24. The van der Waals surface area contributed by atoms with E-state index in [0.717, 1.165) is 19.3 Å². The molecule has 1 saturated carbocycles. The van der Waals surface area contributed by atoms with Gasteiger partial charge in [-0.25, -0.2) is 4.79 Å². The number of hydrogen-bond acceptors (Lipinski definition) is 4. The van der Waals surface area contributed by atoms with Crippen molar-refractivity contribution in [3.63, 3.8) is 0 Å². The van der Waals surface area contributed by atoms with Crippen LogP contribution in [0.1, 0.15) is 52.9 Å². The van der Waals surface area contributed by atoms with E-state index in [0.29, 0.717) is 13.0 Å². The minimum absolute atomic E-state index is 0.0106. The van der Waals surface area contributed by atoms with E-state index >= 15 is 0 Å². The fraction of sp³-hybridized carbons (Fsp3) is 0.812. The van der Waals surface area contributed by atoms with Crippen LogP contribution in [0.15, 0.2) is 0 Å². The zero-order chi connectivity index (χ0) is 17.0. The molecule has 1 heterocycles. The van der Waals surface area contributed by atoms with Gasteiger partial charge in [-0.3, -0.25) is 9.59 Å². The standard InChI is InChI=1S/C16H27N3O4/c1-16(2,3)23-15(22)19-12(8-10-6-7-17-14(10)21)9-13(20)18-11-4-5-11/h10-12H,4-9H2,1-3H3,(H,17,21)(H,18,20)(H,19,22)/t10-,12-/m0/s1. The Labute approximate surface area is 136 Å². The molecule has 2 fully saturated rings. The largest absolute Gasteiger partial charge is 0.444 e. The summed E-state index contributed by atoms with van der Waals surface area (Å²) in [5, 5.41) is 8.43. The fourth-order valence-corrected chi connectivity index (χ4v) is 2.62. The zero-order valence-corrected chi connectivity index (χ0v) is 14.1. The molecular formula is C16H27N3O4. The molecule has 1 saturated heterocycles. The summed E-state index contributed by atoms with van der Waals surface area (Å²) in [6, 6.07) is -0.128. The maximum atomic E-state index is 12.0. The lowest BCUT2D eigenvalue weighted by atomic mass is 9.96. The van der Waals surface area contributed by atoms with Crippen molar-refractivity contribution in [1.82, 2.24) is 16.0 Å². The fourth-order valence-electron chi connectivity index (χ4n) is 2.62. The first-order valence-electron chi connectivity index (χ1n) is 8.29. The summed E-state index contributed by atoms with van der Waals surface area (Å²) in [5.74, 6) is -0.265. The summed E-state index contributed by atoms with van der Waals surface area (Å²) < 4.78 is 5.25. The smallest absolute Gasteiger partial charge is 0.407 e. The van der Waals surface area contributed by atoms with E-state index in [2.05, 4.69) is 16.0 Å². The third-order valence-electron chi connectivity index (χ3n) is 3.83. The molecule has 0 bridgehead atoms. The molecule has 0 aromatic rings. The summed E-state index contributed by atoms with van der Waals surface area (Å²) in [5.41, 5.74) is -0.602. The highest BCUT2D eigenvalue weighted by atomic mass is 16.6. The number of ether oxygens (including phenoxy) is 1. The number of nitrogens with one attached hydrogen (secondary N) is 3. The molecule has 0 spiro atoms. The topological polar surface area (TPSA) is 96.5 Å². The summed E-state index contributed by atoms with van der Waals surface area (Å²) in [7, 11) is 0. The van der Waals surface area contributed by atoms with Gasteiger partial charge in [0.25, 0.3) is 0 Å². The van der Waals surface area contributed by atoms with Gasteiger partial charge in [0.2, 0.25) is 11.8 Å². The van der Waals surface area contributed by atoms with Crippen molar-refractivity contribution in [2.24, 2.45) is 5.92 Å².